The molecule has 5 heteroatoms. The third-order valence-electron chi connectivity index (χ3n) is 5.91. The zero-order chi connectivity index (χ0) is 23.4. The molecule has 4 nitrogen and oxygen atoms in total. The second-order valence-corrected chi connectivity index (χ2v) is 9.64. The van der Waals surface area contributed by atoms with Crippen LogP contribution in [0.1, 0.15) is 17.2 Å². The van der Waals surface area contributed by atoms with Gasteiger partial charge in [-0.25, -0.2) is 8.51 Å². The summed E-state index contributed by atoms with van der Waals surface area (Å²) in [6.07, 6.45) is 1.72. The van der Waals surface area contributed by atoms with E-state index in [9.17, 15) is 9.00 Å². The Kier molecular flexibility index (Phi) is 7.02. The molecule has 168 valence electrons. The Morgan fingerprint density at radius 1 is 1.03 bits per heavy atom. The van der Waals surface area contributed by atoms with Crippen LogP contribution in [0.4, 0.5) is 5.69 Å². The van der Waals surface area contributed by atoms with Gasteiger partial charge in [-0.3, -0.25) is 4.79 Å². The van der Waals surface area contributed by atoms with E-state index < -0.39 is 16.9 Å². The molecule has 0 aromatic heterocycles. The van der Waals surface area contributed by atoms with Crippen molar-refractivity contribution < 1.29 is 9.00 Å². The molecular formula is C28H28N2O2S. The fourth-order valence-corrected chi connectivity index (χ4v) is 5.66. The van der Waals surface area contributed by atoms with Gasteiger partial charge in [0.15, 0.2) is 0 Å². The minimum absolute atomic E-state index is 0.0663. The molecule has 3 atom stereocenters. The van der Waals surface area contributed by atoms with Crippen molar-refractivity contribution in [2.75, 3.05) is 18.0 Å². The number of para-hydroxylation sites is 1. The van der Waals surface area contributed by atoms with Gasteiger partial charge >= 0.3 is 0 Å². The van der Waals surface area contributed by atoms with E-state index in [-0.39, 0.29) is 11.9 Å². The summed E-state index contributed by atoms with van der Waals surface area (Å²) in [6, 6.07) is 26.7. The van der Waals surface area contributed by atoms with Crippen molar-refractivity contribution in [2.24, 2.45) is 5.92 Å². The monoisotopic (exact) mass is 456 g/mol. The number of hydrogen-bond donors (Lipinski definition) is 0. The van der Waals surface area contributed by atoms with Crippen molar-refractivity contribution in [3.8, 4) is 0 Å². The predicted octanol–water partition coefficient (Wildman–Crippen LogP) is 5.47. The first-order valence-electron chi connectivity index (χ1n) is 11.0. The normalized spacial score (nSPS) is 19.2. The van der Waals surface area contributed by atoms with Crippen LogP contribution in [0, 0.1) is 12.8 Å². The number of rotatable bonds is 7. The molecule has 1 amide bonds. The Morgan fingerprint density at radius 3 is 2.24 bits per heavy atom. The molecular weight excluding hydrogens is 428 g/mol. The molecule has 3 aromatic carbocycles. The highest BCUT2D eigenvalue weighted by atomic mass is 32.2. The molecule has 33 heavy (non-hydrogen) atoms. The molecule has 3 aromatic rings. The summed E-state index contributed by atoms with van der Waals surface area (Å²) < 4.78 is 15.6. The largest absolute Gasteiger partial charge is 0.308 e. The summed E-state index contributed by atoms with van der Waals surface area (Å²) >= 11 is 0. The van der Waals surface area contributed by atoms with Crippen molar-refractivity contribution in [1.29, 1.82) is 0 Å². The van der Waals surface area contributed by atoms with Crippen molar-refractivity contribution in [2.45, 2.75) is 17.9 Å². The fourth-order valence-electron chi connectivity index (χ4n) is 4.28. The van der Waals surface area contributed by atoms with Gasteiger partial charge in [-0.05, 0) is 42.3 Å². The average molecular weight is 457 g/mol. The van der Waals surface area contributed by atoms with Gasteiger partial charge < -0.3 is 4.90 Å². The topological polar surface area (TPSA) is 40.6 Å². The molecule has 1 unspecified atom stereocenters. The van der Waals surface area contributed by atoms with Gasteiger partial charge in [0.1, 0.15) is 11.0 Å². The van der Waals surface area contributed by atoms with E-state index in [1.165, 1.54) is 0 Å². The van der Waals surface area contributed by atoms with Crippen molar-refractivity contribution >= 4 is 22.6 Å². The SMILES string of the molecule is C=CCN(C(=O)[C@@H]1C(=C)CN(S(=O)c2ccc(C)cc2)[C@H]1c1ccccc1)c1ccccc1. The Labute approximate surface area is 198 Å². The number of anilines is 1. The second-order valence-electron chi connectivity index (χ2n) is 8.20. The molecule has 4 rings (SSSR count). The number of carbonyl (C=O) groups is 1. The smallest absolute Gasteiger partial charge is 0.236 e. The van der Waals surface area contributed by atoms with Crippen LogP contribution in [-0.2, 0) is 15.8 Å². The Balaban J connectivity index is 1.75. The molecule has 1 fully saturated rings. The quantitative estimate of drug-likeness (QED) is 0.443. The van der Waals surface area contributed by atoms with Crippen LogP contribution in [0.2, 0.25) is 0 Å². The highest BCUT2D eigenvalue weighted by Crippen LogP contribution is 2.43. The van der Waals surface area contributed by atoms with E-state index >= 15 is 0 Å². The van der Waals surface area contributed by atoms with Gasteiger partial charge in [-0.1, -0.05) is 78.9 Å². The standard InChI is InChI=1S/C28H28N2O2S/c1-4-19-29(24-13-9-6-10-14-24)28(31)26-22(3)20-30(27(26)23-11-7-5-8-12-23)33(32)25-17-15-21(2)16-18-25/h4-18,26-27H,1,3,19-20H2,2H3/t26-,27+,33?/m1/s1. The van der Waals surface area contributed by atoms with Crippen LogP contribution in [0.25, 0.3) is 0 Å². The summed E-state index contributed by atoms with van der Waals surface area (Å²) in [5.41, 5.74) is 3.62. The zero-order valence-electron chi connectivity index (χ0n) is 18.8. The average Bonchev–Trinajstić information content (AvgIpc) is 3.20. The number of amides is 1. The third-order valence-corrected chi connectivity index (χ3v) is 7.37. The Bertz CT molecular complexity index is 1160. The summed E-state index contributed by atoms with van der Waals surface area (Å²) in [5.74, 6) is -0.592. The highest BCUT2D eigenvalue weighted by Gasteiger charge is 2.46. The van der Waals surface area contributed by atoms with Crippen molar-refractivity contribution in [3.63, 3.8) is 0 Å². The minimum atomic E-state index is -1.44. The maximum Gasteiger partial charge on any atom is 0.236 e. The van der Waals surface area contributed by atoms with Crippen LogP contribution in [0.3, 0.4) is 0 Å². The predicted molar refractivity (Wildman–Crippen MR) is 135 cm³/mol. The molecule has 0 aliphatic carbocycles. The van der Waals surface area contributed by atoms with E-state index in [0.717, 1.165) is 22.4 Å². The van der Waals surface area contributed by atoms with E-state index in [1.54, 1.807) is 11.0 Å². The van der Waals surface area contributed by atoms with Gasteiger partial charge in [0.2, 0.25) is 5.91 Å². The summed E-state index contributed by atoms with van der Waals surface area (Å²) in [5, 5.41) is 0. The van der Waals surface area contributed by atoms with Gasteiger partial charge in [0.25, 0.3) is 0 Å². The van der Waals surface area contributed by atoms with Gasteiger partial charge in [0.05, 0.1) is 16.9 Å². The number of aryl methyl sites for hydroxylation is 1. The molecule has 0 bridgehead atoms. The third kappa shape index (κ3) is 4.75. The van der Waals surface area contributed by atoms with E-state index in [1.807, 2.05) is 96.2 Å². The van der Waals surface area contributed by atoms with Gasteiger partial charge in [-0.2, -0.15) is 0 Å². The van der Waals surface area contributed by atoms with Crippen LogP contribution in [0.15, 0.2) is 115 Å². The maximum absolute atomic E-state index is 14.0. The molecule has 0 N–H and O–H groups in total. The summed E-state index contributed by atoms with van der Waals surface area (Å²) in [7, 11) is -1.44. The molecule has 1 saturated heterocycles. The van der Waals surface area contributed by atoms with Crippen LogP contribution >= 0.6 is 0 Å². The lowest BCUT2D eigenvalue weighted by Crippen LogP contribution is -2.39. The zero-order valence-corrected chi connectivity index (χ0v) is 19.6. The lowest BCUT2D eigenvalue weighted by Gasteiger charge is -2.30. The van der Waals surface area contributed by atoms with Gasteiger partial charge in [0, 0.05) is 18.8 Å². The molecule has 0 saturated carbocycles. The number of nitrogens with zero attached hydrogens (tertiary/aromatic N) is 2. The second kappa shape index (κ2) is 10.1. The number of carbonyl (C=O) groups excluding carboxylic acids is 1. The van der Waals surface area contributed by atoms with E-state index in [0.29, 0.717) is 18.0 Å². The van der Waals surface area contributed by atoms with Crippen LogP contribution in [0.5, 0.6) is 0 Å². The molecule has 1 aliphatic heterocycles. The first kappa shape index (κ1) is 22.9. The highest BCUT2D eigenvalue weighted by molar-refractivity contribution is 7.82. The minimum Gasteiger partial charge on any atom is -0.308 e. The van der Waals surface area contributed by atoms with Crippen LogP contribution < -0.4 is 4.90 Å². The lowest BCUT2D eigenvalue weighted by molar-refractivity contribution is -0.121. The number of hydrogen-bond acceptors (Lipinski definition) is 2. The first-order chi connectivity index (χ1) is 16.0. The molecule has 1 aliphatic rings. The van der Waals surface area contributed by atoms with E-state index in [2.05, 4.69) is 13.2 Å². The Morgan fingerprint density at radius 2 is 1.64 bits per heavy atom. The summed E-state index contributed by atoms with van der Waals surface area (Å²) in [4.78, 5) is 16.4. The molecule has 0 radical (unpaired) electrons. The van der Waals surface area contributed by atoms with Gasteiger partial charge in [-0.15, -0.1) is 6.58 Å². The first-order valence-corrected chi connectivity index (χ1v) is 12.1. The molecule has 0 spiro atoms. The van der Waals surface area contributed by atoms with Crippen molar-refractivity contribution in [1.82, 2.24) is 4.31 Å². The maximum atomic E-state index is 14.0. The molecule has 1 heterocycles. The van der Waals surface area contributed by atoms with Crippen molar-refractivity contribution in [3.05, 3.63) is 121 Å². The number of benzene rings is 3. The van der Waals surface area contributed by atoms with E-state index in [4.69, 9.17) is 0 Å². The lowest BCUT2D eigenvalue weighted by atomic mass is 9.90. The Hall–Kier alpha value is -3.28. The van der Waals surface area contributed by atoms with Crippen LogP contribution in [-0.4, -0.2) is 27.5 Å². The summed E-state index contributed by atoms with van der Waals surface area (Å²) in [6.45, 7) is 10.9. The fraction of sp³-hybridized carbons (Fsp3) is 0.179.